The molecule has 1 aromatic heterocycles. The van der Waals surface area contributed by atoms with Crippen LogP contribution in [-0.2, 0) is 6.54 Å². The molecule has 0 unspecified atom stereocenters. The zero-order chi connectivity index (χ0) is 14.5. The van der Waals surface area contributed by atoms with E-state index >= 15 is 0 Å². The molecule has 0 N–H and O–H groups in total. The topological polar surface area (TPSA) is 67.9 Å². The largest absolute Gasteiger partial charge is 0.492 e. The minimum atomic E-state index is -0.456. The predicted octanol–water partition coefficient (Wildman–Crippen LogP) is 2.50. The second kappa shape index (κ2) is 6.42. The molecule has 0 amide bonds. The predicted molar refractivity (Wildman–Crippen MR) is 75.2 cm³/mol. The molecule has 102 valence electrons. The summed E-state index contributed by atoms with van der Waals surface area (Å²) in [7, 11) is 0. The number of nitrogens with zero attached hydrogens (tertiary/aromatic N) is 3. The first-order valence-electron chi connectivity index (χ1n) is 5.66. The summed E-state index contributed by atoms with van der Waals surface area (Å²) in [6, 6.07) is 8.69. The molecule has 0 aliphatic heterocycles. The van der Waals surface area contributed by atoms with Crippen molar-refractivity contribution in [3.05, 3.63) is 56.4 Å². The van der Waals surface area contributed by atoms with E-state index in [1.54, 1.807) is 24.3 Å². The van der Waals surface area contributed by atoms with Crippen molar-refractivity contribution in [2.75, 3.05) is 6.61 Å². The maximum Gasteiger partial charge on any atom is 0.287 e. The third kappa shape index (κ3) is 3.29. The first kappa shape index (κ1) is 14.4. The van der Waals surface area contributed by atoms with Crippen molar-refractivity contribution in [3.63, 3.8) is 0 Å². The smallest absolute Gasteiger partial charge is 0.287 e. The van der Waals surface area contributed by atoms with E-state index in [1.165, 1.54) is 10.9 Å². The van der Waals surface area contributed by atoms with E-state index in [0.717, 1.165) is 0 Å². The molecule has 5 nitrogen and oxygen atoms in total. The van der Waals surface area contributed by atoms with Gasteiger partial charge >= 0.3 is 0 Å². The van der Waals surface area contributed by atoms with Crippen LogP contribution in [0.15, 0.2) is 35.3 Å². The van der Waals surface area contributed by atoms with Gasteiger partial charge in [0.2, 0.25) is 0 Å². The molecule has 1 aromatic carbocycles. The van der Waals surface area contributed by atoms with Crippen LogP contribution in [0.2, 0.25) is 10.0 Å². The Bertz CT molecular complexity index is 705. The summed E-state index contributed by atoms with van der Waals surface area (Å²) < 4.78 is 6.63. The molecule has 0 atom stereocenters. The molecule has 0 bridgehead atoms. The van der Waals surface area contributed by atoms with E-state index in [-0.39, 0.29) is 23.2 Å². The van der Waals surface area contributed by atoms with Crippen LogP contribution in [0.5, 0.6) is 5.75 Å². The molecular formula is C13H9Cl2N3O2. The van der Waals surface area contributed by atoms with Crippen LogP contribution in [0.1, 0.15) is 5.56 Å². The molecule has 20 heavy (non-hydrogen) atoms. The SMILES string of the molecule is N#Cc1ccc(OCCn2ncc(Cl)c(Cl)c2=O)cc1. The summed E-state index contributed by atoms with van der Waals surface area (Å²) in [5.41, 5.74) is 0.0994. The van der Waals surface area contributed by atoms with Gasteiger partial charge in [-0.2, -0.15) is 10.4 Å². The van der Waals surface area contributed by atoms with Crippen molar-refractivity contribution in [1.29, 1.82) is 5.26 Å². The van der Waals surface area contributed by atoms with Crippen molar-refractivity contribution in [3.8, 4) is 11.8 Å². The Morgan fingerprint density at radius 2 is 2.00 bits per heavy atom. The molecule has 0 aliphatic rings. The number of aromatic nitrogens is 2. The van der Waals surface area contributed by atoms with Gasteiger partial charge in [0.1, 0.15) is 17.4 Å². The number of benzene rings is 1. The maximum atomic E-state index is 11.7. The molecule has 0 fully saturated rings. The lowest BCUT2D eigenvalue weighted by molar-refractivity contribution is 0.288. The lowest BCUT2D eigenvalue weighted by Crippen LogP contribution is -2.25. The number of nitriles is 1. The van der Waals surface area contributed by atoms with Gasteiger partial charge in [-0.05, 0) is 24.3 Å². The Morgan fingerprint density at radius 3 is 2.65 bits per heavy atom. The second-order valence-corrected chi connectivity index (χ2v) is 4.60. The fraction of sp³-hybridized carbons (Fsp3) is 0.154. The quantitative estimate of drug-likeness (QED) is 0.870. The summed E-state index contributed by atoms with van der Waals surface area (Å²) >= 11 is 11.4. The van der Waals surface area contributed by atoms with E-state index in [1.807, 2.05) is 6.07 Å². The fourth-order valence-electron chi connectivity index (χ4n) is 1.48. The monoisotopic (exact) mass is 309 g/mol. The second-order valence-electron chi connectivity index (χ2n) is 3.82. The van der Waals surface area contributed by atoms with Crippen molar-refractivity contribution in [2.45, 2.75) is 6.54 Å². The highest BCUT2D eigenvalue weighted by molar-refractivity contribution is 6.41. The molecule has 0 saturated heterocycles. The molecule has 0 radical (unpaired) electrons. The Kier molecular flexibility index (Phi) is 4.61. The molecule has 7 heteroatoms. The van der Waals surface area contributed by atoms with Crippen molar-refractivity contribution in [1.82, 2.24) is 9.78 Å². The van der Waals surface area contributed by atoms with Crippen LogP contribution >= 0.6 is 23.2 Å². The number of hydrogen-bond donors (Lipinski definition) is 0. The average Bonchev–Trinajstić information content (AvgIpc) is 2.48. The van der Waals surface area contributed by atoms with Gasteiger partial charge in [-0.1, -0.05) is 23.2 Å². The third-order valence-corrected chi connectivity index (χ3v) is 3.25. The summed E-state index contributed by atoms with van der Waals surface area (Å²) in [6.45, 7) is 0.493. The summed E-state index contributed by atoms with van der Waals surface area (Å²) in [6.07, 6.45) is 1.31. The minimum absolute atomic E-state index is 0.0555. The Balaban J connectivity index is 1.98. The van der Waals surface area contributed by atoms with Gasteiger partial charge in [0.25, 0.3) is 5.56 Å². The Hall–Kier alpha value is -2.03. The summed E-state index contributed by atoms with van der Waals surface area (Å²) in [5, 5.41) is 12.6. The minimum Gasteiger partial charge on any atom is -0.492 e. The zero-order valence-electron chi connectivity index (χ0n) is 10.2. The van der Waals surface area contributed by atoms with Crippen LogP contribution in [0.25, 0.3) is 0 Å². The number of rotatable bonds is 4. The van der Waals surface area contributed by atoms with E-state index in [9.17, 15) is 4.79 Å². The normalized spacial score (nSPS) is 10.1. The van der Waals surface area contributed by atoms with Gasteiger partial charge in [0.05, 0.1) is 29.4 Å². The Labute approximate surface area is 124 Å². The van der Waals surface area contributed by atoms with E-state index in [2.05, 4.69) is 5.10 Å². The van der Waals surface area contributed by atoms with Gasteiger partial charge in [0, 0.05) is 0 Å². The number of halogens is 2. The fourth-order valence-corrected chi connectivity index (χ4v) is 1.75. The van der Waals surface area contributed by atoms with Crippen molar-refractivity contribution in [2.24, 2.45) is 0 Å². The molecular weight excluding hydrogens is 301 g/mol. The van der Waals surface area contributed by atoms with Gasteiger partial charge in [-0.3, -0.25) is 4.79 Å². The van der Waals surface area contributed by atoms with Crippen LogP contribution in [0.3, 0.4) is 0 Å². The molecule has 1 heterocycles. The van der Waals surface area contributed by atoms with Gasteiger partial charge in [0.15, 0.2) is 0 Å². The van der Waals surface area contributed by atoms with E-state index in [0.29, 0.717) is 11.3 Å². The highest BCUT2D eigenvalue weighted by Gasteiger charge is 2.07. The van der Waals surface area contributed by atoms with Crippen LogP contribution < -0.4 is 10.3 Å². The van der Waals surface area contributed by atoms with Crippen molar-refractivity contribution < 1.29 is 4.74 Å². The average molecular weight is 310 g/mol. The molecule has 2 aromatic rings. The standard InChI is InChI=1S/C13H9Cl2N3O2/c14-11-8-17-18(13(19)12(11)15)5-6-20-10-3-1-9(7-16)2-4-10/h1-4,8H,5-6H2. The van der Waals surface area contributed by atoms with Crippen LogP contribution in [0, 0.1) is 11.3 Å². The highest BCUT2D eigenvalue weighted by atomic mass is 35.5. The van der Waals surface area contributed by atoms with E-state index < -0.39 is 5.56 Å². The van der Waals surface area contributed by atoms with Crippen LogP contribution in [-0.4, -0.2) is 16.4 Å². The van der Waals surface area contributed by atoms with Crippen molar-refractivity contribution >= 4 is 23.2 Å². The van der Waals surface area contributed by atoms with Gasteiger partial charge in [-0.25, -0.2) is 4.68 Å². The zero-order valence-corrected chi connectivity index (χ0v) is 11.7. The lowest BCUT2D eigenvalue weighted by Gasteiger charge is -2.08. The lowest BCUT2D eigenvalue weighted by atomic mass is 10.2. The number of ether oxygens (including phenoxy) is 1. The molecule has 2 rings (SSSR count). The Morgan fingerprint density at radius 1 is 1.30 bits per heavy atom. The first-order chi connectivity index (χ1) is 9.61. The van der Waals surface area contributed by atoms with Crippen LogP contribution in [0.4, 0.5) is 0 Å². The summed E-state index contributed by atoms with van der Waals surface area (Å²) in [4.78, 5) is 11.7. The third-order valence-electron chi connectivity index (χ3n) is 2.50. The molecule has 0 aliphatic carbocycles. The van der Waals surface area contributed by atoms with Gasteiger partial charge < -0.3 is 4.74 Å². The maximum absolute atomic E-state index is 11.7. The highest BCUT2D eigenvalue weighted by Crippen LogP contribution is 2.14. The number of hydrogen-bond acceptors (Lipinski definition) is 4. The molecule has 0 spiro atoms. The summed E-state index contributed by atoms with van der Waals surface area (Å²) in [5.74, 6) is 0.608. The first-order valence-corrected chi connectivity index (χ1v) is 6.41. The molecule has 0 saturated carbocycles. The van der Waals surface area contributed by atoms with Gasteiger partial charge in [-0.15, -0.1) is 0 Å². The van der Waals surface area contributed by atoms with E-state index in [4.69, 9.17) is 33.2 Å².